The minimum Gasteiger partial charge on any atom is -0.352 e. The Bertz CT molecular complexity index is 967. The van der Waals surface area contributed by atoms with Gasteiger partial charge in [0.25, 0.3) is 5.91 Å². The second kappa shape index (κ2) is 9.84. The number of nitrogens with one attached hydrogen (secondary N) is 1. The molecule has 1 heterocycles. The molecule has 2 aromatic rings. The van der Waals surface area contributed by atoms with Crippen molar-refractivity contribution in [2.75, 3.05) is 11.4 Å². The third kappa shape index (κ3) is 5.16. The smallest absolute Gasteiger partial charge is 0.265 e. The Kier molecular flexibility index (Phi) is 6.95. The monoisotopic (exact) mass is 484 g/mol. The number of halogens is 1. The number of carbonyl (C=O) groups is 2. The molecule has 6 heteroatoms. The number of fused-ring (bicyclic) bond motifs is 1. The van der Waals surface area contributed by atoms with E-state index in [2.05, 4.69) is 21.2 Å². The van der Waals surface area contributed by atoms with Crippen LogP contribution in [0.5, 0.6) is 0 Å². The molecule has 4 nitrogen and oxygen atoms in total. The summed E-state index contributed by atoms with van der Waals surface area (Å²) in [7, 11) is 0. The lowest BCUT2D eigenvalue weighted by Gasteiger charge is -2.30. The summed E-state index contributed by atoms with van der Waals surface area (Å²) in [5.74, 6) is -0.214. The zero-order valence-corrected chi connectivity index (χ0v) is 19.2. The lowest BCUT2D eigenvalue weighted by Crippen LogP contribution is -2.45. The molecule has 0 atom stereocenters. The van der Waals surface area contributed by atoms with Gasteiger partial charge in [0, 0.05) is 15.4 Å². The highest BCUT2D eigenvalue weighted by molar-refractivity contribution is 9.10. The van der Waals surface area contributed by atoms with Crippen LogP contribution in [0.15, 0.2) is 62.8 Å². The average Bonchev–Trinajstić information content (AvgIpc) is 3.00. The molecule has 0 bridgehead atoms. The third-order valence-electron chi connectivity index (χ3n) is 5.50. The van der Waals surface area contributed by atoms with Crippen LogP contribution in [0.25, 0.3) is 6.08 Å². The van der Waals surface area contributed by atoms with Crippen LogP contribution in [0.2, 0.25) is 0 Å². The molecular weight excluding hydrogens is 460 g/mol. The van der Waals surface area contributed by atoms with Gasteiger partial charge < -0.3 is 5.32 Å². The number of thioether (sulfide) groups is 1. The van der Waals surface area contributed by atoms with E-state index in [4.69, 9.17) is 0 Å². The number of carbonyl (C=O) groups excluding carboxylic acids is 2. The van der Waals surface area contributed by atoms with E-state index in [1.54, 1.807) is 4.90 Å². The number of rotatable bonds is 4. The largest absolute Gasteiger partial charge is 0.352 e. The van der Waals surface area contributed by atoms with Crippen LogP contribution in [0, 0.1) is 0 Å². The highest BCUT2D eigenvalue weighted by atomic mass is 79.9. The van der Waals surface area contributed by atoms with Gasteiger partial charge in [-0.1, -0.05) is 77.6 Å². The lowest BCUT2D eigenvalue weighted by atomic mass is 10.1. The maximum absolute atomic E-state index is 13.3. The molecule has 1 N–H and O–H groups in total. The predicted octanol–water partition coefficient (Wildman–Crippen LogP) is 5.77. The van der Waals surface area contributed by atoms with Gasteiger partial charge in [0.05, 0.1) is 10.6 Å². The summed E-state index contributed by atoms with van der Waals surface area (Å²) in [5.41, 5.74) is 1.75. The van der Waals surface area contributed by atoms with E-state index in [-0.39, 0.29) is 24.4 Å². The van der Waals surface area contributed by atoms with Crippen LogP contribution in [-0.4, -0.2) is 24.4 Å². The number of hydrogen-bond donors (Lipinski definition) is 1. The quantitative estimate of drug-likeness (QED) is 0.442. The van der Waals surface area contributed by atoms with Crippen LogP contribution in [-0.2, 0) is 9.59 Å². The molecule has 0 spiro atoms. The second-order valence-corrected chi connectivity index (χ2v) is 9.78. The van der Waals surface area contributed by atoms with Crippen molar-refractivity contribution < 1.29 is 9.59 Å². The van der Waals surface area contributed by atoms with Crippen LogP contribution in [0.4, 0.5) is 5.69 Å². The van der Waals surface area contributed by atoms with E-state index in [9.17, 15) is 9.59 Å². The van der Waals surface area contributed by atoms with E-state index in [1.165, 1.54) is 24.6 Å². The van der Waals surface area contributed by atoms with Crippen molar-refractivity contribution >= 4 is 51.3 Å². The molecule has 2 aromatic carbocycles. The van der Waals surface area contributed by atoms with Gasteiger partial charge in [0.2, 0.25) is 5.91 Å². The molecule has 2 amide bonds. The van der Waals surface area contributed by atoms with Gasteiger partial charge in [-0.25, -0.2) is 0 Å². The molecule has 156 valence electrons. The van der Waals surface area contributed by atoms with Crippen LogP contribution in [0.1, 0.15) is 44.1 Å². The van der Waals surface area contributed by atoms with Crippen molar-refractivity contribution in [2.45, 2.75) is 49.5 Å². The van der Waals surface area contributed by atoms with Crippen molar-refractivity contribution in [3.05, 3.63) is 63.5 Å². The summed E-state index contributed by atoms with van der Waals surface area (Å²) in [6, 6.07) is 15.8. The normalized spacial score (nSPS) is 18.8. The first-order valence-corrected chi connectivity index (χ1v) is 12.1. The fourth-order valence-electron chi connectivity index (χ4n) is 4.01. The number of benzene rings is 2. The summed E-state index contributed by atoms with van der Waals surface area (Å²) in [6.45, 7) is 0.0444. The molecular formula is C24H25BrN2O2S. The molecule has 1 fully saturated rings. The number of nitrogens with zero attached hydrogens (tertiary/aromatic N) is 1. The van der Waals surface area contributed by atoms with Gasteiger partial charge in [-0.2, -0.15) is 0 Å². The van der Waals surface area contributed by atoms with E-state index in [1.807, 2.05) is 54.6 Å². The van der Waals surface area contributed by atoms with Crippen molar-refractivity contribution in [3.8, 4) is 0 Å². The lowest BCUT2D eigenvalue weighted by molar-refractivity contribution is -0.123. The Morgan fingerprint density at radius 1 is 1.10 bits per heavy atom. The summed E-state index contributed by atoms with van der Waals surface area (Å²) < 4.78 is 0.963. The Balaban J connectivity index is 1.56. The van der Waals surface area contributed by atoms with Crippen molar-refractivity contribution in [2.24, 2.45) is 0 Å². The minimum atomic E-state index is -0.130. The molecule has 2 aliphatic rings. The summed E-state index contributed by atoms with van der Waals surface area (Å²) in [4.78, 5) is 29.3. The number of anilines is 1. The second-order valence-electron chi connectivity index (χ2n) is 7.78. The number of para-hydroxylation sites is 1. The van der Waals surface area contributed by atoms with Gasteiger partial charge in [-0.05, 0) is 48.7 Å². The van der Waals surface area contributed by atoms with Crippen LogP contribution >= 0.6 is 27.7 Å². The number of hydrogen-bond acceptors (Lipinski definition) is 3. The van der Waals surface area contributed by atoms with E-state index >= 15 is 0 Å². The maximum Gasteiger partial charge on any atom is 0.265 e. The molecule has 30 heavy (non-hydrogen) atoms. The van der Waals surface area contributed by atoms with Gasteiger partial charge >= 0.3 is 0 Å². The first-order chi connectivity index (χ1) is 14.6. The Labute approximate surface area is 190 Å². The Hall–Kier alpha value is -2.05. The topological polar surface area (TPSA) is 49.4 Å². The maximum atomic E-state index is 13.3. The molecule has 0 saturated heterocycles. The third-order valence-corrected chi connectivity index (χ3v) is 7.07. The first kappa shape index (κ1) is 21.2. The fraction of sp³-hybridized carbons (Fsp3) is 0.333. The highest BCUT2D eigenvalue weighted by Crippen LogP contribution is 2.42. The van der Waals surface area contributed by atoms with E-state index in [0.717, 1.165) is 46.3 Å². The van der Waals surface area contributed by atoms with Crippen molar-refractivity contribution in [1.29, 1.82) is 0 Å². The molecule has 0 unspecified atom stereocenters. The number of amides is 2. The van der Waals surface area contributed by atoms with Gasteiger partial charge in [0.1, 0.15) is 6.54 Å². The SMILES string of the molecule is O=C(CN1C(=O)/C(=C\c2cccc(Br)c2)Sc2ccccc21)NC1CCCCCC1. The van der Waals surface area contributed by atoms with Gasteiger partial charge in [-0.3, -0.25) is 14.5 Å². The van der Waals surface area contributed by atoms with Crippen molar-refractivity contribution in [1.82, 2.24) is 5.32 Å². The van der Waals surface area contributed by atoms with Crippen molar-refractivity contribution in [3.63, 3.8) is 0 Å². The molecule has 0 aromatic heterocycles. The molecule has 0 radical (unpaired) electrons. The predicted molar refractivity (Wildman–Crippen MR) is 126 cm³/mol. The zero-order valence-electron chi connectivity index (χ0n) is 16.8. The molecule has 1 aliphatic heterocycles. The molecule has 1 aliphatic carbocycles. The average molecular weight is 485 g/mol. The van der Waals surface area contributed by atoms with E-state index in [0.29, 0.717) is 4.91 Å². The Morgan fingerprint density at radius 2 is 1.87 bits per heavy atom. The van der Waals surface area contributed by atoms with Gasteiger partial charge in [-0.15, -0.1) is 0 Å². The van der Waals surface area contributed by atoms with Gasteiger partial charge in [0.15, 0.2) is 0 Å². The summed E-state index contributed by atoms with van der Waals surface area (Å²) in [6.07, 6.45) is 8.75. The minimum absolute atomic E-state index is 0.0444. The molecule has 1 saturated carbocycles. The standard InChI is InChI=1S/C24H25BrN2O2S/c25-18-9-7-8-17(14-18)15-22-24(29)27(20-12-5-6-13-21(20)30-22)16-23(28)26-19-10-3-1-2-4-11-19/h5-9,12-15,19H,1-4,10-11,16H2,(H,26,28)/b22-15+. The fourth-order valence-corrected chi connectivity index (χ4v) is 5.48. The van der Waals surface area contributed by atoms with E-state index < -0.39 is 0 Å². The summed E-state index contributed by atoms with van der Waals surface area (Å²) in [5, 5.41) is 3.16. The first-order valence-electron chi connectivity index (χ1n) is 10.5. The van der Waals surface area contributed by atoms with Crippen LogP contribution < -0.4 is 10.2 Å². The van der Waals surface area contributed by atoms with Crippen LogP contribution in [0.3, 0.4) is 0 Å². The summed E-state index contributed by atoms with van der Waals surface area (Å²) >= 11 is 4.94. The highest BCUT2D eigenvalue weighted by Gasteiger charge is 2.31. The zero-order chi connectivity index (χ0) is 20.9. The molecule has 4 rings (SSSR count). The Morgan fingerprint density at radius 3 is 2.63 bits per heavy atom.